The number of furan rings is 1. The number of hydrogen-bond acceptors (Lipinski definition) is 6. The summed E-state index contributed by atoms with van der Waals surface area (Å²) in [5.74, 6) is -1.11. The van der Waals surface area contributed by atoms with Crippen LogP contribution in [0.15, 0.2) is 83.3 Å². The minimum absolute atomic E-state index is 0.0357. The largest absolute Gasteiger partial charge is 0.488 e. The van der Waals surface area contributed by atoms with Crippen LogP contribution in [-0.4, -0.2) is 17.8 Å². The van der Waals surface area contributed by atoms with Gasteiger partial charge in [0, 0.05) is 17.2 Å². The van der Waals surface area contributed by atoms with Crippen molar-refractivity contribution in [3.63, 3.8) is 0 Å². The minimum atomic E-state index is -4.66. The maximum atomic E-state index is 13.9. The third kappa shape index (κ3) is 3.93. The first-order valence-corrected chi connectivity index (χ1v) is 11.7. The zero-order valence-electron chi connectivity index (χ0n) is 19.7. The molecule has 0 fully saturated rings. The van der Waals surface area contributed by atoms with Crippen LogP contribution in [0.1, 0.15) is 28.2 Å². The van der Waals surface area contributed by atoms with Gasteiger partial charge in [-0.05, 0) is 29.8 Å². The van der Waals surface area contributed by atoms with Crippen molar-refractivity contribution in [1.82, 2.24) is 0 Å². The van der Waals surface area contributed by atoms with Crippen molar-refractivity contribution < 1.29 is 41.7 Å². The van der Waals surface area contributed by atoms with E-state index < -0.39 is 23.4 Å². The zero-order valence-corrected chi connectivity index (χ0v) is 19.7. The molecule has 1 unspecified atom stereocenters. The lowest BCUT2D eigenvalue weighted by Crippen LogP contribution is -2.41. The number of carbonyl (C=O) groups excluding carboxylic acids is 1. The van der Waals surface area contributed by atoms with E-state index >= 15 is 0 Å². The Hall–Kier alpha value is -4.44. The van der Waals surface area contributed by atoms with E-state index in [0.29, 0.717) is 17.2 Å². The number of rotatable bonds is 6. The second-order valence-corrected chi connectivity index (χ2v) is 8.86. The second-order valence-electron chi connectivity index (χ2n) is 8.86. The van der Waals surface area contributed by atoms with Crippen LogP contribution in [0.4, 0.5) is 18.9 Å². The summed E-state index contributed by atoms with van der Waals surface area (Å²) in [6.45, 7) is -0.208. The first-order valence-electron chi connectivity index (χ1n) is 11.7. The normalized spacial score (nSPS) is 18.1. The molecule has 0 saturated carbocycles. The van der Waals surface area contributed by atoms with Crippen molar-refractivity contribution in [3.8, 4) is 17.2 Å². The van der Waals surface area contributed by atoms with E-state index in [2.05, 4.69) is 0 Å². The van der Waals surface area contributed by atoms with Gasteiger partial charge in [0.05, 0.1) is 12.2 Å². The maximum Gasteiger partial charge on any atom is 0.449 e. The number of anilines is 1. The number of carbonyl (C=O) groups is 1. The van der Waals surface area contributed by atoms with Gasteiger partial charge in [-0.1, -0.05) is 48.5 Å². The topological polar surface area (TPSA) is 81.4 Å². The molecule has 194 valence electrons. The summed E-state index contributed by atoms with van der Waals surface area (Å²) < 4.78 is 61.2. The fourth-order valence-corrected chi connectivity index (χ4v) is 4.68. The molecule has 2 aliphatic heterocycles. The Balaban J connectivity index is 1.41. The summed E-state index contributed by atoms with van der Waals surface area (Å²) >= 11 is 0. The second kappa shape index (κ2) is 8.84. The van der Waals surface area contributed by atoms with E-state index in [1.807, 2.05) is 30.3 Å². The first-order chi connectivity index (χ1) is 18.2. The van der Waals surface area contributed by atoms with Gasteiger partial charge in [0.25, 0.3) is 5.91 Å². The van der Waals surface area contributed by atoms with Gasteiger partial charge >= 0.3 is 6.18 Å². The van der Waals surface area contributed by atoms with Crippen LogP contribution in [0.5, 0.6) is 17.2 Å². The van der Waals surface area contributed by atoms with Gasteiger partial charge in [0.2, 0.25) is 18.2 Å². The lowest BCUT2D eigenvalue weighted by molar-refractivity contribution is -0.153. The summed E-state index contributed by atoms with van der Waals surface area (Å²) in [6.07, 6.45) is -4.66. The predicted molar refractivity (Wildman–Crippen MR) is 128 cm³/mol. The molecule has 3 heterocycles. The van der Waals surface area contributed by atoms with Crippen LogP contribution in [-0.2, 0) is 29.7 Å². The molecule has 1 amide bonds. The summed E-state index contributed by atoms with van der Waals surface area (Å²) in [6, 6.07) is 20.9. The third-order valence-electron chi connectivity index (χ3n) is 6.50. The number of hydrogen-bond donors (Lipinski definition) is 1. The van der Waals surface area contributed by atoms with Gasteiger partial charge in [-0.2, -0.15) is 13.2 Å². The number of ether oxygens (including phenoxy) is 3. The van der Waals surface area contributed by atoms with Crippen molar-refractivity contribution in [2.45, 2.75) is 24.9 Å². The highest BCUT2D eigenvalue weighted by Crippen LogP contribution is 2.51. The molecule has 0 bridgehead atoms. The van der Waals surface area contributed by atoms with Crippen molar-refractivity contribution in [3.05, 3.63) is 107 Å². The Labute approximate surface area is 214 Å². The molecular weight excluding hydrogens is 503 g/mol. The molecule has 1 aromatic heterocycles. The average molecular weight is 523 g/mol. The summed E-state index contributed by atoms with van der Waals surface area (Å²) in [5.41, 5.74) is -0.662. The minimum Gasteiger partial charge on any atom is -0.488 e. The molecule has 7 nitrogen and oxygen atoms in total. The van der Waals surface area contributed by atoms with Crippen LogP contribution < -0.4 is 19.1 Å². The Morgan fingerprint density at radius 3 is 2.37 bits per heavy atom. The van der Waals surface area contributed by atoms with Crippen molar-refractivity contribution >= 4 is 11.6 Å². The maximum absolute atomic E-state index is 13.9. The van der Waals surface area contributed by atoms with Gasteiger partial charge in [-0.25, -0.2) is 0 Å². The molecule has 1 N–H and O–H groups in total. The third-order valence-corrected chi connectivity index (χ3v) is 6.50. The molecule has 3 aromatic carbocycles. The fraction of sp³-hybridized carbons (Fsp3) is 0.179. The highest BCUT2D eigenvalue weighted by Gasteiger charge is 2.53. The van der Waals surface area contributed by atoms with Crippen molar-refractivity contribution in [2.24, 2.45) is 0 Å². The SMILES string of the molecule is O=C1N(Cc2ccc(C(F)(F)F)o2)c2ccccc2C1(O)c1cc2c(cc1OCc1ccccc1)OCO2. The highest BCUT2D eigenvalue weighted by atomic mass is 19.4. The van der Waals surface area contributed by atoms with Gasteiger partial charge in [-0.3, -0.25) is 4.79 Å². The molecule has 0 aliphatic carbocycles. The molecule has 0 radical (unpaired) electrons. The van der Waals surface area contributed by atoms with Gasteiger partial charge in [0.15, 0.2) is 11.5 Å². The van der Waals surface area contributed by atoms with Gasteiger partial charge < -0.3 is 28.6 Å². The number of amides is 1. The molecule has 2 aliphatic rings. The number of halogens is 3. The Bertz CT molecular complexity index is 1520. The zero-order chi connectivity index (χ0) is 26.5. The summed E-state index contributed by atoms with van der Waals surface area (Å²) in [5, 5.41) is 12.1. The Morgan fingerprint density at radius 1 is 0.921 bits per heavy atom. The van der Waals surface area contributed by atoms with Crippen molar-refractivity contribution in [2.75, 3.05) is 11.7 Å². The highest BCUT2D eigenvalue weighted by molar-refractivity contribution is 6.09. The molecule has 4 aromatic rings. The van der Waals surface area contributed by atoms with Crippen LogP contribution in [0.2, 0.25) is 0 Å². The molecular formula is C28H20F3NO6. The Kier molecular flexibility index (Phi) is 5.57. The number of alkyl halides is 3. The number of nitrogens with zero attached hydrogens (tertiary/aromatic N) is 1. The van der Waals surface area contributed by atoms with Crippen LogP contribution in [0.25, 0.3) is 0 Å². The van der Waals surface area contributed by atoms with Gasteiger partial charge in [0.1, 0.15) is 18.1 Å². The number of aliphatic hydroxyl groups is 1. The molecule has 38 heavy (non-hydrogen) atoms. The molecule has 0 saturated heterocycles. The lowest BCUT2D eigenvalue weighted by Gasteiger charge is -2.26. The van der Waals surface area contributed by atoms with E-state index in [1.165, 1.54) is 11.0 Å². The predicted octanol–water partition coefficient (Wildman–Crippen LogP) is 5.39. The van der Waals surface area contributed by atoms with E-state index in [4.69, 9.17) is 18.6 Å². The molecule has 10 heteroatoms. The van der Waals surface area contributed by atoms with Crippen molar-refractivity contribution in [1.29, 1.82) is 0 Å². The fourth-order valence-electron chi connectivity index (χ4n) is 4.68. The van der Waals surface area contributed by atoms with E-state index in [1.54, 1.807) is 30.3 Å². The van der Waals surface area contributed by atoms with E-state index in [9.17, 15) is 23.1 Å². The van der Waals surface area contributed by atoms with Crippen LogP contribution in [0.3, 0.4) is 0 Å². The smallest absolute Gasteiger partial charge is 0.449 e. The van der Waals surface area contributed by atoms with Crippen LogP contribution in [0, 0.1) is 0 Å². The molecule has 6 rings (SSSR count). The lowest BCUT2D eigenvalue weighted by atomic mass is 9.86. The van der Waals surface area contributed by atoms with Crippen LogP contribution >= 0.6 is 0 Å². The summed E-state index contributed by atoms with van der Waals surface area (Å²) in [7, 11) is 0. The van der Waals surface area contributed by atoms with E-state index in [0.717, 1.165) is 17.7 Å². The molecule has 0 spiro atoms. The monoisotopic (exact) mass is 523 g/mol. The first kappa shape index (κ1) is 23.9. The standard InChI is InChI=1S/C28H20F3NO6/c29-28(30,31)25-11-10-18(38-25)14-32-21-9-5-4-8-19(21)27(34,26(32)33)20-12-23-24(37-16-36-23)13-22(20)35-15-17-6-2-1-3-7-17/h1-13,34H,14-16H2. The van der Waals surface area contributed by atoms with Gasteiger partial charge in [-0.15, -0.1) is 0 Å². The molecule has 1 atom stereocenters. The number of fused-ring (bicyclic) bond motifs is 2. The summed E-state index contributed by atoms with van der Waals surface area (Å²) in [4.78, 5) is 15.1. The Morgan fingerprint density at radius 2 is 1.63 bits per heavy atom. The quantitative estimate of drug-likeness (QED) is 0.365. The van der Waals surface area contributed by atoms with E-state index in [-0.39, 0.29) is 42.6 Å². The average Bonchev–Trinajstić information content (AvgIpc) is 3.63. The number of para-hydroxylation sites is 1. The number of benzene rings is 3.